The van der Waals surface area contributed by atoms with E-state index in [0.29, 0.717) is 10.5 Å². The van der Waals surface area contributed by atoms with Gasteiger partial charge in [0.25, 0.3) is 0 Å². The summed E-state index contributed by atoms with van der Waals surface area (Å²) in [6.45, 7) is 0. The van der Waals surface area contributed by atoms with Gasteiger partial charge in [0.15, 0.2) is 11.6 Å². The van der Waals surface area contributed by atoms with Gasteiger partial charge in [0.05, 0.1) is 23.4 Å². The van der Waals surface area contributed by atoms with E-state index in [9.17, 15) is 14.0 Å². The van der Waals surface area contributed by atoms with Gasteiger partial charge in [0, 0.05) is 6.07 Å². The Labute approximate surface area is 167 Å². The lowest BCUT2D eigenvalue weighted by Gasteiger charge is -2.05. The minimum Gasteiger partial charge on any atom is -0.384 e. The number of nitrogens with zero attached hydrogens (tertiary/aromatic N) is 5. The smallest absolute Gasteiger partial charge is 0.168 e. The molecule has 1 aromatic carbocycles. The van der Waals surface area contributed by atoms with Crippen LogP contribution in [0.4, 0.5) is 26.2 Å². The van der Waals surface area contributed by atoms with Gasteiger partial charge in [-0.2, -0.15) is 5.26 Å². The summed E-state index contributed by atoms with van der Waals surface area (Å²) in [7, 11) is 0. The van der Waals surface area contributed by atoms with Crippen LogP contribution in [0.1, 0.15) is 5.56 Å². The van der Waals surface area contributed by atoms with E-state index < -0.39 is 11.6 Å². The van der Waals surface area contributed by atoms with E-state index >= 15 is 0 Å². The lowest BCUT2D eigenvalue weighted by molar-refractivity contribution is 0.629. The molecule has 0 fully saturated rings. The van der Waals surface area contributed by atoms with E-state index in [2.05, 4.69) is 25.3 Å². The third kappa shape index (κ3) is 3.40. The first-order chi connectivity index (χ1) is 13.1. The summed E-state index contributed by atoms with van der Waals surface area (Å²) in [6.07, 6.45) is 2.28. The predicted molar refractivity (Wildman–Crippen MR) is 104 cm³/mol. The minimum absolute atomic E-state index is 0. The standard InChI is InChI=1S/C17H9F2N7S.ClH/c18-9-3-1-2-8(5-20)13(9)17-26-14-10(19)6-22-16(15(14)27-17)25-12-4-11(21)23-7-24-12;/h1-4,6-7H,(H3,21,22,23,24,25);1H. The average molecular weight is 418 g/mol. The van der Waals surface area contributed by atoms with Crippen molar-refractivity contribution >= 4 is 51.4 Å². The number of aromatic nitrogens is 4. The highest BCUT2D eigenvalue weighted by atomic mass is 35.5. The number of halogens is 3. The predicted octanol–water partition coefficient (Wildman–Crippen LogP) is 4.05. The van der Waals surface area contributed by atoms with Gasteiger partial charge in [-0.1, -0.05) is 6.07 Å². The number of anilines is 3. The van der Waals surface area contributed by atoms with E-state index in [1.807, 2.05) is 6.07 Å². The molecule has 3 heterocycles. The molecule has 4 aromatic rings. The maximum atomic E-state index is 14.3. The zero-order chi connectivity index (χ0) is 19.0. The minimum atomic E-state index is -0.657. The quantitative estimate of drug-likeness (QED) is 0.517. The van der Waals surface area contributed by atoms with Gasteiger partial charge in [-0.15, -0.1) is 23.7 Å². The van der Waals surface area contributed by atoms with E-state index in [-0.39, 0.29) is 45.7 Å². The molecule has 140 valence electrons. The number of rotatable bonds is 3. The van der Waals surface area contributed by atoms with Crippen molar-refractivity contribution in [2.75, 3.05) is 11.1 Å². The Morgan fingerprint density at radius 2 is 1.96 bits per heavy atom. The highest BCUT2D eigenvalue weighted by molar-refractivity contribution is 7.22. The summed E-state index contributed by atoms with van der Waals surface area (Å²) >= 11 is 1.02. The van der Waals surface area contributed by atoms with Gasteiger partial charge < -0.3 is 11.1 Å². The molecule has 0 aliphatic carbocycles. The maximum Gasteiger partial charge on any atom is 0.168 e. The van der Waals surface area contributed by atoms with Crippen LogP contribution in [0.2, 0.25) is 0 Å². The van der Waals surface area contributed by atoms with Crippen LogP contribution in [-0.2, 0) is 0 Å². The van der Waals surface area contributed by atoms with Crippen LogP contribution in [0, 0.1) is 23.0 Å². The number of nitrogen functional groups attached to an aromatic ring is 1. The van der Waals surface area contributed by atoms with Gasteiger partial charge in [-0.3, -0.25) is 0 Å². The van der Waals surface area contributed by atoms with Crippen molar-refractivity contribution in [3.05, 3.63) is 54.0 Å². The third-order valence-electron chi connectivity index (χ3n) is 3.66. The number of nitriles is 1. The molecule has 0 saturated carbocycles. The van der Waals surface area contributed by atoms with Crippen LogP contribution >= 0.6 is 23.7 Å². The van der Waals surface area contributed by atoms with Crippen LogP contribution in [0.3, 0.4) is 0 Å². The molecule has 0 aliphatic rings. The average Bonchev–Trinajstić information content (AvgIpc) is 3.10. The number of thiazole rings is 1. The fourth-order valence-electron chi connectivity index (χ4n) is 2.48. The molecule has 0 radical (unpaired) electrons. The summed E-state index contributed by atoms with van der Waals surface area (Å²) in [5.74, 6) is -0.375. The monoisotopic (exact) mass is 417 g/mol. The Balaban J connectivity index is 0.00000225. The van der Waals surface area contributed by atoms with Gasteiger partial charge in [-0.05, 0) is 12.1 Å². The first kappa shape index (κ1) is 19.3. The van der Waals surface area contributed by atoms with Crippen LogP contribution in [-0.4, -0.2) is 19.9 Å². The summed E-state index contributed by atoms with van der Waals surface area (Å²) < 4.78 is 28.9. The van der Waals surface area contributed by atoms with Crippen LogP contribution in [0.25, 0.3) is 20.8 Å². The van der Waals surface area contributed by atoms with Crippen molar-refractivity contribution in [1.29, 1.82) is 5.26 Å². The van der Waals surface area contributed by atoms with Gasteiger partial charge >= 0.3 is 0 Å². The Morgan fingerprint density at radius 1 is 1.14 bits per heavy atom. The molecule has 4 rings (SSSR count). The SMILES string of the molecule is Cl.N#Cc1cccc(F)c1-c1nc2c(F)cnc(Nc3cc(N)ncn3)c2s1. The molecule has 28 heavy (non-hydrogen) atoms. The second-order valence-electron chi connectivity index (χ2n) is 5.38. The third-order valence-corrected chi connectivity index (χ3v) is 4.74. The Hall–Kier alpha value is -3.42. The summed E-state index contributed by atoms with van der Waals surface area (Å²) in [5.41, 5.74) is 5.78. The highest BCUT2D eigenvalue weighted by Gasteiger charge is 2.19. The molecule has 7 nitrogen and oxygen atoms in total. The van der Waals surface area contributed by atoms with E-state index in [4.69, 9.17) is 5.73 Å². The molecule has 0 bridgehead atoms. The number of benzene rings is 1. The fourth-order valence-corrected chi connectivity index (χ4v) is 3.56. The van der Waals surface area contributed by atoms with Crippen LogP contribution < -0.4 is 11.1 Å². The molecular formula is C17H10ClF2N7S. The van der Waals surface area contributed by atoms with Crippen molar-refractivity contribution in [2.45, 2.75) is 0 Å². The Kier molecular flexibility index (Phi) is 5.30. The highest BCUT2D eigenvalue weighted by Crippen LogP contribution is 2.37. The molecule has 3 N–H and O–H groups in total. The van der Waals surface area contributed by atoms with Crippen molar-refractivity contribution in [2.24, 2.45) is 0 Å². The number of fused-ring (bicyclic) bond motifs is 1. The van der Waals surface area contributed by atoms with E-state index in [1.54, 1.807) is 0 Å². The molecule has 0 atom stereocenters. The van der Waals surface area contributed by atoms with E-state index in [0.717, 1.165) is 17.5 Å². The second kappa shape index (κ2) is 7.67. The molecule has 0 unspecified atom stereocenters. The van der Waals surface area contributed by atoms with Gasteiger partial charge in [0.2, 0.25) is 0 Å². The molecule has 0 aliphatic heterocycles. The normalized spacial score (nSPS) is 10.3. The zero-order valence-corrected chi connectivity index (χ0v) is 15.5. The Bertz CT molecular complexity index is 1220. The number of pyridine rings is 1. The topological polar surface area (TPSA) is 113 Å². The number of hydrogen-bond acceptors (Lipinski definition) is 8. The summed E-state index contributed by atoms with van der Waals surface area (Å²) in [5, 5.41) is 12.3. The number of nitrogens with two attached hydrogens (primary N) is 1. The van der Waals surface area contributed by atoms with Crippen LogP contribution in [0.15, 0.2) is 36.8 Å². The molecule has 0 amide bonds. The molecule has 11 heteroatoms. The summed E-state index contributed by atoms with van der Waals surface area (Å²) in [4.78, 5) is 16.0. The zero-order valence-electron chi connectivity index (χ0n) is 13.8. The van der Waals surface area contributed by atoms with Crippen molar-refractivity contribution < 1.29 is 8.78 Å². The maximum absolute atomic E-state index is 14.3. The first-order valence-electron chi connectivity index (χ1n) is 7.55. The van der Waals surface area contributed by atoms with Gasteiger partial charge in [-0.25, -0.2) is 28.7 Å². The lowest BCUT2D eigenvalue weighted by Crippen LogP contribution is -1.99. The van der Waals surface area contributed by atoms with Crippen LogP contribution in [0.5, 0.6) is 0 Å². The molecule has 0 saturated heterocycles. The molecule has 0 spiro atoms. The Morgan fingerprint density at radius 3 is 2.71 bits per heavy atom. The first-order valence-corrected chi connectivity index (χ1v) is 8.37. The second-order valence-corrected chi connectivity index (χ2v) is 6.38. The van der Waals surface area contributed by atoms with Crippen molar-refractivity contribution in [3.8, 4) is 16.6 Å². The largest absolute Gasteiger partial charge is 0.384 e. The van der Waals surface area contributed by atoms with Crippen molar-refractivity contribution in [3.63, 3.8) is 0 Å². The van der Waals surface area contributed by atoms with Crippen molar-refractivity contribution in [1.82, 2.24) is 19.9 Å². The van der Waals surface area contributed by atoms with E-state index in [1.165, 1.54) is 30.6 Å². The lowest BCUT2D eigenvalue weighted by atomic mass is 10.1. The summed E-state index contributed by atoms with van der Waals surface area (Å²) in [6, 6.07) is 7.54. The van der Waals surface area contributed by atoms with Gasteiger partial charge in [0.1, 0.15) is 39.0 Å². The number of hydrogen-bond donors (Lipinski definition) is 2. The fraction of sp³-hybridized carbons (Fsp3) is 0. The number of nitrogens with one attached hydrogen (secondary N) is 1. The molecule has 3 aromatic heterocycles. The molecular weight excluding hydrogens is 408 g/mol.